The number of hydrogen-bond acceptors (Lipinski definition) is 6. The fraction of sp³-hybridized carbons (Fsp3) is 0.435. The number of nitrogens with zero attached hydrogens (tertiary/aromatic N) is 3. The van der Waals surface area contributed by atoms with Gasteiger partial charge in [0, 0.05) is 31.4 Å². The number of fused-ring (bicyclic) bond motifs is 1. The zero-order chi connectivity index (χ0) is 21.8. The fourth-order valence-corrected chi connectivity index (χ4v) is 3.76. The molecule has 2 aliphatic rings. The van der Waals surface area contributed by atoms with Gasteiger partial charge < -0.3 is 24.0 Å². The van der Waals surface area contributed by atoms with Crippen LogP contribution in [0, 0.1) is 5.92 Å². The van der Waals surface area contributed by atoms with E-state index >= 15 is 0 Å². The van der Waals surface area contributed by atoms with Gasteiger partial charge in [-0.05, 0) is 36.2 Å². The van der Waals surface area contributed by atoms with Crippen molar-refractivity contribution in [1.82, 2.24) is 14.8 Å². The van der Waals surface area contributed by atoms with E-state index in [2.05, 4.69) is 18.8 Å². The second-order valence-electron chi connectivity index (χ2n) is 8.20. The third kappa shape index (κ3) is 5.14. The van der Waals surface area contributed by atoms with Crippen molar-refractivity contribution >= 4 is 11.8 Å². The quantitative estimate of drug-likeness (QED) is 0.707. The van der Waals surface area contributed by atoms with Crippen LogP contribution >= 0.6 is 0 Å². The standard InChI is InChI=1S/C23H27N3O5/c1-16(2)10-25-11-19(29-14-18-5-3-4-8-24-18)12-26(13-22(25)27)23(28)17-6-7-20-21(9-17)31-15-30-20/h3-9,16,19H,10-15H2,1-2H3/t19-/m1/s1. The smallest absolute Gasteiger partial charge is 0.254 e. The van der Waals surface area contributed by atoms with Crippen LogP contribution in [0.25, 0.3) is 0 Å². The van der Waals surface area contributed by atoms with Gasteiger partial charge in [-0.1, -0.05) is 19.9 Å². The third-order valence-electron chi connectivity index (χ3n) is 5.21. The molecule has 0 N–H and O–H groups in total. The predicted octanol–water partition coefficient (Wildman–Crippen LogP) is 2.34. The molecule has 164 valence electrons. The molecule has 3 heterocycles. The minimum atomic E-state index is -0.315. The van der Waals surface area contributed by atoms with Crippen LogP contribution in [0.2, 0.25) is 0 Å². The average Bonchev–Trinajstić information content (AvgIpc) is 3.18. The van der Waals surface area contributed by atoms with E-state index in [0.717, 1.165) is 5.69 Å². The number of carbonyl (C=O) groups is 2. The topological polar surface area (TPSA) is 81.2 Å². The summed E-state index contributed by atoms with van der Waals surface area (Å²) in [6, 6.07) is 10.7. The Hall–Kier alpha value is -3.13. The van der Waals surface area contributed by atoms with E-state index in [1.54, 1.807) is 34.2 Å². The summed E-state index contributed by atoms with van der Waals surface area (Å²) in [5, 5.41) is 0. The number of ether oxygens (including phenoxy) is 3. The van der Waals surface area contributed by atoms with Crippen LogP contribution in [-0.2, 0) is 16.1 Å². The van der Waals surface area contributed by atoms with E-state index in [-0.39, 0.29) is 31.3 Å². The first-order chi connectivity index (χ1) is 15.0. The summed E-state index contributed by atoms with van der Waals surface area (Å²) in [5.74, 6) is 1.16. The minimum Gasteiger partial charge on any atom is -0.454 e. The Morgan fingerprint density at radius 1 is 1.19 bits per heavy atom. The normalized spacial score (nSPS) is 18.4. The summed E-state index contributed by atoms with van der Waals surface area (Å²) >= 11 is 0. The number of rotatable bonds is 6. The second-order valence-corrected chi connectivity index (χ2v) is 8.20. The van der Waals surface area contributed by atoms with Gasteiger partial charge in [0.2, 0.25) is 12.7 Å². The molecule has 2 aromatic rings. The Bertz CT molecular complexity index is 934. The number of amides is 2. The highest BCUT2D eigenvalue weighted by molar-refractivity contribution is 5.97. The van der Waals surface area contributed by atoms with Gasteiger partial charge in [-0.2, -0.15) is 0 Å². The molecule has 0 bridgehead atoms. The van der Waals surface area contributed by atoms with Crippen molar-refractivity contribution in [3.05, 3.63) is 53.9 Å². The van der Waals surface area contributed by atoms with Gasteiger partial charge in [0.15, 0.2) is 11.5 Å². The van der Waals surface area contributed by atoms with E-state index in [9.17, 15) is 9.59 Å². The molecule has 2 amide bonds. The molecule has 0 radical (unpaired) electrons. The number of aromatic nitrogens is 1. The molecule has 8 heteroatoms. The van der Waals surface area contributed by atoms with Gasteiger partial charge in [0.1, 0.15) is 6.54 Å². The maximum Gasteiger partial charge on any atom is 0.254 e. The first kappa shape index (κ1) is 21.1. The van der Waals surface area contributed by atoms with Gasteiger partial charge >= 0.3 is 0 Å². The van der Waals surface area contributed by atoms with Crippen LogP contribution < -0.4 is 9.47 Å². The molecule has 1 aromatic carbocycles. The van der Waals surface area contributed by atoms with Crippen LogP contribution in [0.5, 0.6) is 11.5 Å². The largest absolute Gasteiger partial charge is 0.454 e. The molecule has 1 fully saturated rings. The van der Waals surface area contributed by atoms with Crippen molar-refractivity contribution < 1.29 is 23.8 Å². The summed E-state index contributed by atoms with van der Waals surface area (Å²) in [6.07, 6.45) is 1.40. The van der Waals surface area contributed by atoms with E-state index in [1.165, 1.54) is 0 Å². The molecule has 0 saturated carbocycles. The van der Waals surface area contributed by atoms with Gasteiger partial charge in [-0.25, -0.2) is 0 Å². The monoisotopic (exact) mass is 425 g/mol. The van der Waals surface area contributed by atoms with E-state index < -0.39 is 0 Å². The predicted molar refractivity (Wildman–Crippen MR) is 113 cm³/mol. The lowest BCUT2D eigenvalue weighted by Gasteiger charge is -2.25. The second kappa shape index (κ2) is 9.34. The molecule has 8 nitrogen and oxygen atoms in total. The number of pyridine rings is 1. The molecule has 1 saturated heterocycles. The van der Waals surface area contributed by atoms with Crippen LogP contribution in [0.4, 0.5) is 0 Å². The zero-order valence-electron chi connectivity index (χ0n) is 17.8. The molecule has 1 atom stereocenters. The number of carbonyl (C=O) groups excluding carboxylic acids is 2. The van der Waals surface area contributed by atoms with Crippen molar-refractivity contribution in [2.45, 2.75) is 26.6 Å². The lowest BCUT2D eigenvalue weighted by molar-refractivity contribution is -0.132. The summed E-state index contributed by atoms with van der Waals surface area (Å²) in [4.78, 5) is 33.8. The van der Waals surface area contributed by atoms with Gasteiger partial charge in [-0.3, -0.25) is 14.6 Å². The first-order valence-electron chi connectivity index (χ1n) is 10.5. The van der Waals surface area contributed by atoms with Crippen LogP contribution in [0.1, 0.15) is 29.9 Å². The maximum absolute atomic E-state index is 13.2. The van der Waals surface area contributed by atoms with Crippen molar-refractivity contribution in [3.8, 4) is 11.5 Å². The van der Waals surface area contributed by atoms with Crippen molar-refractivity contribution in [2.75, 3.05) is 33.0 Å². The molecule has 0 unspecified atom stereocenters. The van der Waals surface area contributed by atoms with E-state index in [4.69, 9.17) is 14.2 Å². The van der Waals surface area contributed by atoms with Crippen LogP contribution in [0.15, 0.2) is 42.6 Å². The Kier molecular flexibility index (Phi) is 6.36. The molecular weight excluding hydrogens is 398 g/mol. The van der Waals surface area contributed by atoms with E-state index in [0.29, 0.717) is 49.2 Å². The van der Waals surface area contributed by atoms with Crippen LogP contribution in [0.3, 0.4) is 0 Å². The highest BCUT2D eigenvalue weighted by Crippen LogP contribution is 2.33. The summed E-state index contributed by atoms with van der Waals surface area (Å²) in [5.41, 5.74) is 1.26. The Morgan fingerprint density at radius 2 is 2.03 bits per heavy atom. The minimum absolute atomic E-state index is 0.0173. The molecule has 0 aliphatic carbocycles. The van der Waals surface area contributed by atoms with E-state index in [1.807, 2.05) is 18.2 Å². The lowest BCUT2D eigenvalue weighted by atomic mass is 10.1. The average molecular weight is 425 g/mol. The summed E-state index contributed by atoms with van der Waals surface area (Å²) in [6.45, 7) is 5.99. The molecular formula is C23H27N3O5. The number of benzene rings is 1. The Balaban J connectivity index is 1.52. The van der Waals surface area contributed by atoms with Crippen molar-refractivity contribution in [2.24, 2.45) is 5.92 Å². The Morgan fingerprint density at radius 3 is 2.81 bits per heavy atom. The molecule has 4 rings (SSSR count). The highest BCUT2D eigenvalue weighted by atomic mass is 16.7. The lowest BCUT2D eigenvalue weighted by Crippen LogP contribution is -2.40. The number of hydrogen-bond donors (Lipinski definition) is 0. The molecule has 0 spiro atoms. The van der Waals surface area contributed by atoms with Crippen LogP contribution in [-0.4, -0.2) is 65.7 Å². The van der Waals surface area contributed by atoms with Gasteiger partial charge in [0.25, 0.3) is 5.91 Å². The maximum atomic E-state index is 13.2. The zero-order valence-corrected chi connectivity index (χ0v) is 17.8. The Labute approximate surface area is 181 Å². The third-order valence-corrected chi connectivity index (χ3v) is 5.21. The summed E-state index contributed by atoms with van der Waals surface area (Å²) < 4.78 is 16.8. The van der Waals surface area contributed by atoms with Gasteiger partial charge in [0.05, 0.1) is 18.4 Å². The molecule has 31 heavy (non-hydrogen) atoms. The highest BCUT2D eigenvalue weighted by Gasteiger charge is 2.32. The van der Waals surface area contributed by atoms with Gasteiger partial charge in [-0.15, -0.1) is 0 Å². The summed E-state index contributed by atoms with van der Waals surface area (Å²) in [7, 11) is 0. The van der Waals surface area contributed by atoms with Crippen molar-refractivity contribution in [1.29, 1.82) is 0 Å². The SMILES string of the molecule is CC(C)CN1C[C@@H](OCc2ccccn2)CN(C(=O)c2ccc3c(c2)OCO3)CC1=O. The molecule has 2 aliphatic heterocycles. The fourth-order valence-electron chi connectivity index (χ4n) is 3.76. The molecule has 1 aromatic heterocycles. The van der Waals surface area contributed by atoms with Crippen molar-refractivity contribution in [3.63, 3.8) is 0 Å². The first-order valence-corrected chi connectivity index (χ1v) is 10.5.